The molecule has 3 heteroatoms. The molecule has 0 aliphatic carbocycles. The van der Waals surface area contributed by atoms with E-state index in [0.29, 0.717) is 0 Å². The Labute approximate surface area is 121 Å². The van der Waals surface area contributed by atoms with Crippen molar-refractivity contribution in [2.45, 2.75) is 6.54 Å². The lowest BCUT2D eigenvalue weighted by Gasteiger charge is -2.08. The Balaban J connectivity index is 1.83. The highest BCUT2D eigenvalue weighted by Gasteiger charge is 2.06. The molecule has 0 radical (unpaired) electrons. The summed E-state index contributed by atoms with van der Waals surface area (Å²) >= 11 is 0. The number of benzene rings is 2. The molecular formula is C18H13FN2. The summed E-state index contributed by atoms with van der Waals surface area (Å²) < 4.78 is 15.4. The summed E-state index contributed by atoms with van der Waals surface area (Å²) in [6.07, 6.45) is 3.84. The van der Waals surface area contributed by atoms with Crippen LogP contribution >= 0.6 is 0 Å². The molecule has 0 aliphatic heterocycles. The van der Waals surface area contributed by atoms with Crippen LogP contribution in [0.1, 0.15) is 5.56 Å². The van der Waals surface area contributed by atoms with Gasteiger partial charge in [-0.2, -0.15) is 0 Å². The van der Waals surface area contributed by atoms with Gasteiger partial charge in [0.1, 0.15) is 5.82 Å². The molecule has 0 aliphatic rings. The molecule has 0 spiro atoms. The van der Waals surface area contributed by atoms with Crippen LogP contribution in [0, 0.1) is 5.82 Å². The van der Waals surface area contributed by atoms with E-state index in [4.69, 9.17) is 0 Å². The van der Waals surface area contributed by atoms with Gasteiger partial charge in [-0.1, -0.05) is 18.2 Å². The summed E-state index contributed by atoms with van der Waals surface area (Å²) in [6, 6.07) is 17.0. The first-order valence-electron chi connectivity index (χ1n) is 6.88. The summed E-state index contributed by atoms with van der Waals surface area (Å²) in [7, 11) is 0. The monoisotopic (exact) mass is 276 g/mol. The van der Waals surface area contributed by atoms with Crippen LogP contribution in [0.15, 0.2) is 67.0 Å². The number of para-hydroxylation sites is 1. The van der Waals surface area contributed by atoms with E-state index in [1.54, 1.807) is 6.07 Å². The molecular weight excluding hydrogens is 263 g/mol. The SMILES string of the molecule is Fc1ccc2c(ccn2Cc2ccnc3ccccc23)c1. The maximum absolute atomic E-state index is 13.3. The first-order valence-corrected chi connectivity index (χ1v) is 6.88. The summed E-state index contributed by atoms with van der Waals surface area (Å²) in [5.74, 6) is -0.199. The molecule has 2 aromatic heterocycles. The fourth-order valence-corrected chi connectivity index (χ4v) is 2.79. The second-order valence-electron chi connectivity index (χ2n) is 5.13. The predicted octanol–water partition coefficient (Wildman–Crippen LogP) is 4.38. The molecule has 0 fully saturated rings. The van der Waals surface area contributed by atoms with Crippen molar-refractivity contribution in [2.24, 2.45) is 0 Å². The summed E-state index contributed by atoms with van der Waals surface area (Å²) in [5, 5.41) is 2.08. The molecule has 0 bridgehead atoms. The predicted molar refractivity (Wildman–Crippen MR) is 82.7 cm³/mol. The number of halogens is 1. The lowest BCUT2D eigenvalue weighted by Crippen LogP contribution is -1.99. The summed E-state index contributed by atoms with van der Waals surface area (Å²) in [6.45, 7) is 0.748. The number of hydrogen-bond donors (Lipinski definition) is 0. The van der Waals surface area contributed by atoms with Crippen LogP contribution in [0.3, 0.4) is 0 Å². The van der Waals surface area contributed by atoms with Gasteiger partial charge in [-0.25, -0.2) is 4.39 Å². The van der Waals surface area contributed by atoms with Crippen molar-refractivity contribution in [3.63, 3.8) is 0 Å². The normalized spacial score (nSPS) is 11.3. The van der Waals surface area contributed by atoms with Gasteiger partial charge in [0.05, 0.1) is 5.52 Å². The van der Waals surface area contributed by atoms with Gasteiger partial charge in [0.15, 0.2) is 0 Å². The van der Waals surface area contributed by atoms with Crippen molar-refractivity contribution in [3.8, 4) is 0 Å². The molecule has 0 unspecified atom stereocenters. The molecule has 2 aromatic carbocycles. The van der Waals surface area contributed by atoms with E-state index in [2.05, 4.69) is 15.6 Å². The van der Waals surface area contributed by atoms with E-state index in [1.165, 1.54) is 11.6 Å². The Bertz CT molecular complexity index is 935. The van der Waals surface area contributed by atoms with Crippen LogP contribution in [0.4, 0.5) is 4.39 Å². The van der Waals surface area contributed by atoms with Gasteiger partial charge < -0.3 is 4.57 Å². The molecule has 4 rings (SSSR count). The van der Waals surface area contributed by atoms with Crippen LogP contribution in [0.25, 0.3) is 21.8 Å². The van der Waals surface area contributed by atoms with Crippen molar-refractivity contribution in [3.05, 3.63) is 78.4 Å². The minimum Gasteiger partial charge on any atom is -0.343 e. The van der Waals surface area contributed by atoms with Crippen molar-refractivity contribution in [1.82, 2.24) is 9.55 Å². The first-order chi connectivity index (χ1) is 10.3. The molecule has 0 atom stereocenters. The van der Waals surface area contributed by atoms with Crippen LogP contribution in [-0.2, 0) is 6.54 Å². The average molecular weight is 276 g/mol. The lowest BCUT2D eigenvalue weighted by molar-refractivity contribution is 0.629. The summed E-state index contributed by atoms with van der Waals surface area (Å²) in [5.41, 5.74) is 3.25. The van der Waals surface area contributed by atoms with Gasteiger partial charge in [0, 0.05) is 35.2 Å². The van der Waals surface area contributed by atoms with Gasteiger partial charge in [-0.05, 0) is 42.0 Å². The van der Waals surface area contributed by atoms with E-state index >= 15 is 0 Å². The molecule has 2 nitrogen and oxygen atoms in total. The van der Waals surface area contributed by atoms with Gasteiger partial charge >= 0.3 is 0 Å². The number of rotatable bonds is 2. The second kappa shape index (κ2) is 4.70. The number of fused-ring (bicyclic) bond motifs is 2. The third kappa shape index (κ3) is 2.07. The molecule has 2 heterocycles. The first kappa shape index (κ1) is 12.1. The third-order valence-corrected chi connectivity index (χ3v) is 3.81. The molecule has 0 saturated carbocycles. The van der Waals surface area contributed by atoms with Gasteiger partial charge in [-0.15, -0.1) is 0 Å². The van der Waals surface area contributed by atoms with E-state index in [-0.39, 0.29) is 5.82 Å². The van der Waals surface area contributed by atoms with Crippen LogP contribution < -0.4 is 0 Å². The van der Waals surface area contributed by atoms with Crippen LogP contribution in [0.5, 0.6) is 0 Å². The average Bonchev–Trinajstić information content (AvgIpc) is 2.90. The molecule has 0 amide bonds. The fourth-order valence-electron chi connectivity index (χ4n) is 2.79. The highest BCUT2D eigenvalue weighted by atomic mass is 19.1. The van der Waals surface area contributed by atoms with Crippen molar-refractivity contribution in [2.75, 3.05) is 0 Å². The Hall–Kier alpha value is -2.68. The highest BCUT2D eigenvalue weighted by Crippen LogP contribution is 2.21. The van der Waals surface area contributed by atoms with Gasteiger partial charge in [0.25, 0.3) is 0 Å². The fraction of sp³-hybridized carbons (Fsp3) is 0.0556. The molecule has 21 heavy (non-hydrogen) atoms. The molecule has 102 valence electrons. The number of nitrogens with zero attached hydrogens (tertiary/aromatic N) is 2. The minimum atomic E-state index is -0.199. The Kier molecular flexibility index (Phi) is 2.71. The van der Waals surface area contributed by atoms with Gasteiger partial charge in [0.2, 0.25) is 0 Å². The Morgan fingerprint density at radius 2 is 1.90 bits per heavy atom. The Morgan fingerprint density at radius 3 is 2.86 bits per heavy atom. The second-order valence-corrected chi connectivity index (χ2v) is 5.13. The number of aromatic nitrogens is 2. The smallest absolute Gasteiger partial charge is 0.123 e. The molecule has 0 saturated heterocycles. The molecule has 0 N–H and O–H groups in total. The maximum Gasteiger partial charge on any atom is 0.123 e. The number of hydrogen-bond acceptors (Lipinski definition) is 1. The number of pyridine rings is 1. The van der Waals surface area contributed by atoms with Crippen molar-refractivity contribution >= 4 is 21.8 Å². The third-order valence-electron chi connectivity index (χ3n) is 3.81. The van der Waals surface area contributed by atoms with E-state index < -0.39 is 0 Å². The van der Waals surface area contributed by atoms with E-state index in [0.717, 1.165) is 28.4 Å². The Morgan fingerprint density at radius 1 is 1.00 bits per heavy atom. The topological polar surface area (TPSA) is 17.8 Å². The quantitative estimate of drug-likeness (QED) is 0.531. The van der Waals surface area contributed by atoms with Crippen molar-refractivity contribution < 1.29 is 4.39 Å². The zero-order valence-electron chi connectivity index (χ0n) is 11.3. The zero-order chi connectivity index (χ0) is 14.2. The maximum atomic E-state index is 13.3. The largest absolute Gasteiger partial charge is 0.343 e. The van der Waals surface area contributed by atoms with E-state index in [1.807, 2.05) is 48.8 Å². The van der Waals surface area contributed by atoms with Gasteiger partial charge in [-0.3, -0.25) is 4.98 Å². The highest BCUT2D eigenvalue weighted by molar-refractivity contribution is 5.83. The van der Waals surface area contributed by atoms with Crippen LogP contribution in [-0.4, -0.2) is 9.55 Å². The van der Waals surface area contributed by atoms with Crippen LogP contribution in [0.2, 0.25) is 0 Å². The lowest BCUT2D eigenvalue weighted by atomic mass is 10.1. The van der Waals surface area contributed by atoms with Crippen molar-refractivity contribution in [1.29, 1.82) is 0 Å². The standard InChI is InChI=1S/C18H13FN2/c19-15-5-6-18-13(11-15)8-10-21(18)12-14-7-9-20-17-4-2-1-3-16(14)17/h1-11H,12H2. The minimum absolute atomic E-state index is 0.199. The van der Waals surface area contributed by atoms with E-state index in [9.17, 15) is 4.39 Å². The zero-order valence-corrected chi connectivity index (χ0v) is 11.3. The molecule has 4 aromatic rings. The summed E-state index contributed by atoms with van der Waals surface area (Å²) in [4.78, 5) is 4.39.